The molecule has 2 unspecified atom stereocenters. The van der Waals surface area contributed by atoms with E-state index in [0.717, 1.165) is 0 Å². The van der Waals surface area contributed by atoms with Crippen molar-refractivity contribution in [2.45, 2.75) is 48.5 Å². The monoisotopic (exact) mass is 501 g/mol. The van der Waals surface area contributed by atoms with Crippen LogP contribution in [-0.4, -0.2) is 4.57 Å². The van der Waals surface area contributed by atoms with E-state index >= 15 is 0 Å². The largest absolute Gasteiger partial charge is 0.309 e. The molecule has 2 aliphatic carbocycles. The Bertz CT molecular complexity index is 1480. The zero-order chi connectivity index (χ0) is 27.3. The lowest BCUT2D eigenvalue weighted by atomic mass is 9.77. The standard InChI is InChI=1S/C37H43N/c1-8-9-19-32-33-22-26-37(7,30-16-14-24-36(6,25-21-30)29(4)5)27-23-35(33)38(31-17-11-10-12-18-31)34(32)20-13-15-28(2)3/h8-29H,1-7H3/b9-8-,15-13+,32-19-,34-20+. The van der Waals surface area contributed by atoms with Gasteiger partial charge < -0.3 is 4.57 Å². The van der Waals surface area contributed by atoms with Crippen LogP contribution in [-0.2, 0) is 0 Å². The van der Waals surface area contributed by atoms with Crippen LogP contribution < -0.4 is 10.6 Å². The molecule has 196 valence electrons. The lowest BCUT2D eigenvalue weighted by Crippen LogP contribution is -2.29. The van der Waals surface area contributed by atoms with Crippen molar-refractivity contribution in [1.82, 2.24) is 4.57 Å². The van der Waals surface area contributed by atoms with Gasteiger partial charge in [-0.2, -0.15) is 0 Å². The molecule has 0 N–H and O–H groups in total. The summed E-state index contributed by atoms with van der Waals surface area (Å²) in [6.45, 7) is 15.7. The average molecular weight is 502 g/mol. The van der Waals surface area contributed by atoms with Crippen molar-refractivity contribution in [2.75, 3.05) is 0 Å². The number of hydrogen-bond donors (Lipinski definition) is 0. The molecule has 1 heteroatoms. The summed E-state index contributed by atoms with van der Waals surface area (Å²) in [6, 6.07) is 10.7. The second-order valence-corrected chi connectivity index (χ2v) is 11.5. The van der Waals surface area contributed by atoms with Gasteiger partial charge in [0.05, 0.1) is 11.0 Å². The fourth-order valence-electron chi connectivity index (χ4n) is 4.98. The Hall–Kier alpha value is -3.58. The predicted octanol–water partition coefficient (Wildman–Crippen LogP) is 8.59. The van der Waals surface area contributed by atoms with E-state index in [1.165, 1.54) is 33.1 Å². The highest BCUT2D eigenvalue weighted by Gasteiger charge is 2.28. The van der Waals surface area contributed by atoms with Crippen molar-refractivity contribution in [3.05, 3.63) is 125 Å². The maximum absolute atomic E-state index is 2.40. The van der Waals surface area contributed by atoms with Gasteiger partial charge in [-0.15, -0.1) is 0 Å². The summed E-state index contributed by atoms with van der Waals surface area (Å²) >= 11 is 0. The van der Waals surface area contributed by atoms with Crippen LogP contribution in [0.5, 0.6) is 0 Å². The molecule has 0 saturated carbocycles. The summed E-state index contributed by atoms with van der Waals surface area (Å²) in [4.78, 5) is 0. The zero-order valence-electron chi connectivity index (χ0n) is 24.1. The Kier molecular flexibility index (Phi) is 8.26. The minimum absolute atomic E-state index is 0.0580. The van der Waals surface area contributed by atoms with Crippen LogP contribution in [0, 0.1) is 22.7 Å². The first-order valence-electron chi connectivity index (χ1n) is 14.0. The Morgan fingerprint density at radius 1 is 0.816 bits per heavy atom. The summed E-state index contributed by atoms with van der Waals surface area (Å²) in [5.41, 5.74) is 4.76. The van der Waals surface area contributed by atoms with Crippen LogP contribution in [0.25, 0.3) is 30.0 Å². The zero-order valence-corrected chi connectivity index (χ0v) is 24.1. The Labute approximate surface area is 230 Å². The maximum atomic E-state index is 2.40. The highest BCUT2D eigenvalue weighted by atomic mass is 15.0. The molecule has 0 aliphatic heterocycles. The third-order valence-electron chi connectivity index (χ3n) is 7.95. The van der Waals surface area contributed by atoms with Crippen molar-refractivity contribution in [1.29, 1.82) is 0 Å². The van der Waals surface area contributed by atoms with Gasteiger partial charge in [0.15, 0.2) is 0 Å². The summed E-state index contributed by atoms with van der Waals surface area (Å²) in [5.74, 6) is 1.04. The van der Waals surface area contributed by atoms with Crippen LogP contribution >= 0.6 is 0 Å². The van der Waals surface area contributed by atoms with E-state index in [-0.39, 0.29) is 10.8 Å². The number of aromatic nitrogens is 1. The van der Waals surface area contributed by atoms with Crippen LogP contribution in [0.3, 0.4) is 0 Å². The van der Waals surface area contributed by atoms with Gasteiger partial charge in [-0.3, -0.25) is 0 Å². The molecule has 2 atom stereocenters. The number of hydrogen-bond acceptors (Lipinski definition) is 0. The number of allylic oxidation sites excluding steroid dienone is 12. The molecule has 1 aromatic heterocycles. The lowest BCUT2D eigenvalue weighted by molar-refractivity contribution is 0.383. The minimum atomic E-state index is -0.219. The topological polar surface area (TPSA) is 4.93 Å². The van der Waals surface area contributed by atoms with E-state index in [9.17, 15) is 0 Å². The summed E-state index contributed by atoms with van der Waals surface area (Å²) in [6.07, 6.45) is 34.1. The number of para-hydroxylation sites is 1. The van der Waals surface area contributed by atoms with Crippen LogP contribution in [0.1, 0.15) is 59.7 Å². The van der Waals surface area contributed by atoms with E-state index in [2.05, 4.69) is 175 Å². The van der Waals surface area contributed by atoms with Crippen molar-refractivity contribution in [3.63, 3.8) is 0 Å². The first-order chi connectivity index (χ1) is 18.2. The van der Waals surface area contributed by atoms with E-state index in [1.54, 1.807) is 0 Å². The van der Waals surface area contributed by atoms with E-state index in [1.807, 2.05) is 0 Å². The molecule has 2 aliphatic rings. The SMILES string of the molecule is C\C=C/C=c1/c2c(n(-c3ccccc3)/c1=C/C=C/C(C)C)C=CC(C)(C1=CC=CC(C)(C(C)C)C=C1)C=C2. The Morgan fingerprint density at radius 2 is 1.55 bits per heavy atom. The van der Waals surface area contributed by atoms with Gasteiger partial charge in [0.2, 0.25) is 0 Å². The summed E-state index contributed by atoms with van der Waals surface area (Å²) < 4.78 is 2.40. The van der Waals surface area contributed by atoms with Crippen molar-refractivity contribution >= 4 is 24.3 Å². The van der Waals surface area contributed by atoms with Crippen molar-refractivity contribution < 1.29 is 0 Å². The average Bonchev–Trinajstić information content (AvgIpc) is 3.01. The smallest absolute Gasteiger partial charge is 0.0540 e. The molecular weight excluding hydrogens is 458 g/mol. The molecule has 1 heterocycles. The van der Waals surface area contributed by atoms with Crippen LogP contribution in [0.2, 0.25) is 0 Å². The van der Waals surface area contributed by atoms with Gasteiger partial charge in [-0.05, 0) is 55.5 Å². The number of fused-ring (bicyclic) bond motifs is 1. The van der Waals surface area contributed by atoms with Crippen molar-refractivity contribution in [2.24, 2.45) is 22.7 Å². The fourth-order valence-corrected chi connectivity index (χ4v) is 4.98. The lowest BCUT2D eigenvalue weighted by Gasteiger charge is -2.27. The molecule has 0 radical (unpaired) electrons. The number of rotatable bonds is 6. The van der Waals surface area contributed by atoms with Crippen LogP contribution in [0.15, 0.2) is 103 Å². The van der Waals surface area contributed by atoms with Crippen LogP contribution in [0.4, 0.5) is 0 Å². The Balaban J connectivity index is 1.94. The molecule has 4 rings (SSSR count). The van der Waals surface area contributed by atoms with Gasteiger partial charge >= 0.3 is 0 Å². The second-order valence-electron chi connectivity index (χ2n) is 11.5. The summed E-state index contributed by atoms with van der Waals surface area (Å²) in [7, 11) is 0. The van der Waals surface area contributed by atoms with Gasteiger partial charge in [0.1, 0.15) is 0 Å². The molecule has 1 aromatic carbocycles. The first kappa shape index (κ1) is 27.5. The molecule has 2 aromatic rings. The quantitative estimate of drug-likeness (QED) is 0.373. The van der Waals surface area contributed by atoms with Crippen molar-refractivity contribution in [3.8, 4) is 5.69 Å². The Morgan fingerprint density at radius 3 is 2.24 bits per heavy atom. The molecule has 0 fully saturated rings. The normalized spacial score (nSPS) is 24.2. The molecule has 0 amide bonds. The van der Waals surface area contributed by atoms with Gasteiger partial charge in [-0.1, -0.05) is 132 Å². The second kappa shape index (κ2) is 11.4. The molecular formula is C37H43N. The van der Waals surface area contributed by atoms with Gasteiger partial charge in [0.25, 0.3) is 0 Å². The maximum Gasteiger partial charge on any atom is 0.0540 e. The van der Waals surface area contributed by atoms with Gasteiger partial charge in [-0.25, -0.2) is 0 Å². The highest BCUT2D eigenvalue weighted by Crippen LogP contribution is 2.39. The van der Waals surface area contributed by atoms with E-state index < -0.39 is 0 Å². The first-order valence-corrected chi connectivity index (χ1v) is 14.0. The predicted molar refractivity (Wildman–Crippen MR) is 168 cm³/mol. The number of nitrogens with zero attached hydrogens (tertiary/aromatic N) is 1. The third kappa shape index (κ3) is 5.63. The minimum Gasteiger partial charge on any atom is -0.309 e. The fraction of sp³-hybridized carbons (Fsp3) is 0.297. The molecule has 0 saturated heterocycles. The molecule has 0 spiro atoms. The van der Waals surface area contributed by atoms with E-state index in [0.29, 0.717) is 11.8 Å². The third-order valence-corrected chi connectivity index (χ3v) is 7.95. The number of benzene rings is 1. The van der Waals surface area contributed by atoms with E-state index in [4.69, 9.17) is 0 Å². The van der Waals surface area contributed by atoms with Gasteiger partial charge in [0, 0.05) is 27.3 Å². The summed E-state index contributed by atoms with van der Waals surface area (Å²) in [5, 5.41) is 2.43. The highest BCUT2D eigenvalue weighted by molar-refractivity contribution is 5.73. The molecule has 0 bridgehead atoms. The molecule has 38 heavy (non-hydrogen) atoms. The molecule has 1 nitrogen and oxygen atoms in total.